The van der Waals surface area contributed by atoms with E-state index in [9.17, 15) is 13.2 Å². The molecule has 92 valence electrons. The van der Waals surface area contributed by atoms with E-state index in [1.54, 1.807) is 24.4 Å². The fourth-order valence-electron chi connectivity index (χ4n) is 1.83. The number of hydrogen-bond acceptors (Lipinski definition) is 2. The Morgan fingerprint density at radius 2 is 2.00 bits per heavy atom. The second-order valence-corrected chi connectivity index (χ2v) is 4.63. The summed E-state index contributed by atoms with van der Waals surface area (Å²) in [4.78, 5) is 0. The molecule has 0 saturated heterocycles. The molecular weight excluding hydrogens is 247 g/mol. The second kappa shape index (κ2) is 4.66. The molecule has 0 aliphatic heterocycles. The normalized spacial score (nSPS) is 14.1. The molecule has 2 rings (SSSR count). The third kappa shape index (κ3) is 2.45. The molecule has 0 radical (unpaired) electrons. The molecule has 1 heterocycles. The van der Waals surface area contributed by atoms with Gasteiger partial charge < -0.3 is 5.32 Å². The first-order valence-electron chi connectivity index (χ1n) is 5.30. The van der Waals surface area contributed by atoms with E-state index in [2.05, 4.69) is 5.32 Å². The number of benzene rings is 1. The highest BCUT2D eigenvalue weighted by molar-refractivity contribution is 7.17. The predicted molar refractivity (Wildman–Crippen MR) is 64.3 cm³/mol. The van der Waals surface area contributed by atoms with Crippen molar-refractivity contribution in [1.82, 2.24) is 5.32 Å². The van der Waals surface area contributed by atoms with Gasteiger partial charge in [0.1, 0.15) is 6.04 Å². The molecule has 1 nitrogen and oxygen atoms in total. The monoisotopic (exact) mass is 259 g/mol. The first-order chi connectivity index (χ1) is 8.04. The summed E-state index contributed by atoms with van der Waals surface area (Å²) in [6.45, 7) is 1.96. The molecule has 17 heavy (non-hydrogen) atoms. The van der Waals surface area contributed by atoms with Crippen LogP contribution in [0.2, 0.25) is 0 Å². The number of fused-ring (bicyclic) bond motifs is 1. The number of alkyl halides is 3. The molecule has 0 aliphatic rings. The average Bonchev–Trinajstić information content (AvgIpc) is 2.68. The lowest BCUT2D eigenvalue weighted by Crippen LogP contribution is -2.33. The van der Waals surface area contributed by atoms with E-state index in [1.807, 2.05) is 12.1 Å². The number of halogens is 3. The Bertz CT molecular complexity index is 504. The Labute approximate surface area is 101 Å². The Morgan fingerprint density at radius 3 is 2.65 bits per heavy atom. The summed E-state index contributed by atoms with van der Waals surface area (Å²) in [5, 5.41) is 4.77. The van der Waals surface area contributed by atoms with Crippen LogP contribution in [0.25, 0.3) is 10.1 Å². The first kappa shape index (κ1) is 12.4. The summed E-state index contributed by atoms with van der Waals surface area (Å²) >= 11 is 1.34. The maximum Gasteiger partial charge on any atom is 0.407 e. The van der Waals surface area contributed by atoms with Crippen molar-refractivity contribution in [2.45, 2.75) is 19.1 Å². The van der Waals surface area contributed by atoms with Crippen LogP contribution >= 0.6 is 11.3 Å². The summed E-state index contributed by atoms with van der Waals surface area (Å²) in [5.74, 6) is 0. The van der Waals surface area contributed by atoms with Crippen LogP contribution in [-0.2, 0) is 0 Å². The zero-order valence-electron chi connectivity index (χ0n) is 9.21. The molecule has 5 heteroatoms. The van der Waals surface area contributed by atoms with Crippen molar-refractivity contribution in [3.8, 4) is 0 Å². The quantitative estimate of drug-likeness (QED) is 0.874. The van der Waals surface area contributed by atoms with Gasteiger partial charge in [-0.1, -0.05) is 25.1 Å². The predicted octanol–water partition coefficient (Wildman–Crippen LogP) is 4.11. The molecule has 1 N–H and O–H groups in total. The average molecular weight is 259 g/mol. The Morgan fingerprint density at radius 1 is 1.29 bits per heavy atom. The highest BCUT2D eigenvalue weighted by Gasteiger charge is 2.41. The van der Waals surface area contributed by atoms with Crippen LogP contribution in [0.3, 0.4) is 0 Å². The van der Waals surface area contributed by atoms with Crippen LogP contribution in [0.15, 0.2) is 29.6 Å². The molecule has 0 amide bonds. The summed E-state index contributed by atoms with van der Waals surface area (Å²) in [6.07, 6.45) is -4.26. The van der Waals surface area contributed by atoms with Gasteiger partial charge in [0.05, 0.1) is 0 Å². The minimum atomic E-state index is -4.26. The molecule has 0 fully saturated rings. The minimum absolute atomic E-state index is 0.286. The van der Waals surface area contributed by atoms with E-state index in [4.69, 9.17) is 0 Å². The maximum atomic E-state index is 12.9. The molecule has 0 saturated carbocycles. The number of nitrogens with one attached hydrogen (secondary N) is 1. The molecule has 2 aromatic rings. The van der Waals surface area contributed by atoms with E-state index in [0.29, 0.717) is 10.9 Å². The molecular formula is C12H12F3NS. The molecule has 1 aromatic carbocycles. The minimum Gasteiger partial charge on any atom is -0.303 e. The molecule has 1 unspecified atom stereocenters. The van der Waals surface area contributed by atoms with Gasteiger partial charge in [0.25, 0.3) is 0 Å². The van der Waals surface area contributed by atoms with Gasteiger partial charge in [0.2, 0.25) is 0 Å². The van der Waals surface area contributed by atoms with Gasteiger partial charge in [0, 0.05) is 4.70 Å². The van der Waals surface area contributed by atoms with Crippen molar-refractivity contribution in [3.63, 3.8) is 0 Å². The summed E-state index contributed by atoms with van der Waals surface area (Å²) in [7, 11) is 0. The molecule has 0 spiro atoms. The molecule has 0 bridgehead atoms. The largest absolute Gasteiger partial charge is 0.407 e. The molecule has 0 aliphatic carbocycles. The Kier molecular flexibility index (Phi) is 3.40. The van der Waals surface area contributed by atoms with Crippen LogP contribution in [0.1, 0.15) is 18.5 Å². The summed E-state index contributed by atoms with van der Waals surface area (Å²) < 4.78 is 39.7. The van der Waals surface area contributed by atoms with Crippen molar-refractivity contribution in [2.75, 3.05) is 6.54 Å². The first-order valence-corrected chi connectivity index (χ1v) is 6.18. The second-order valence-electron chi connectivity index (χ2n) is 3.72. The lowest BCUT2D eigenvalue weighted by atomic mass is 10.1. The lowest BCUT2D eigenvalue weighted by Gasteiger charge is -2.20. The smallest absolute Gasteiger partial charge is 0.303 e. The maximum absolute atomic E-state index is 12.9. The molecule has 1 aromatic heterocycles. The van der Waals surface area contributed by atoms with Gasteiger partial charge in [0.15, 0.2) is 0 Å². The standard InChI is InChI=1S/C12H12F3NS/c1-2-16-11(12(13,14)15)9-7-17-10-6-4-3-5-8(9)10/h3-7,11,16H,2H2,1H3. The van der Waals surface area contributed by atoms with Crippen molar-refractivity contribution in [2.24, 2.45) is 0 Å². The van der Waals surface area contributed by atoms with Crippen molar-refractivity contribution < 1.29 is 13.2 Å². The fraction of sp³-hybridized carbons (Fsp3) is 0.333. The van der Waals surface area contributed by atoms with Crippen LogP contribution in [0.4, 0.5) is 13.2 Å². The lowest BCUT2D eigenvalue weighted by molar-refractivity contribution is -0.157. The molecule has 1 atom stereocenters. The van der Waals surface area contributed by atoms with Crippen molar-refractivity contribution >= 4 is 21.4 Å². The third-order valence-electron chi connectivity index (χ3n) is 2.56. The fourth-order valence-corrected chi connectivity index (χ4v) is 2.81. The van der Waals surface area contributed by atoms with E-state index < -0.39 is 12.2 Å². The van der Waals surface area contributed by atoms with Crippen LogP contribution in [0.5, 0.6) is 0 Å². The van der Waals surface area contributed by atoms with Crippen LogP contribution in [0, 0.1) is 0 Å². The van der Waals surface area contributed by atoms with Gasteiger partial charge >= 0.3 is 6.18 Å². The van der Waals surface area contributed by atoms with E-state index in [-0.39, 0.29) is 6.54 Å². The highest BCUT2D eigenvalue weighted by atomic mass is 32.1. The Hall–Kier alpha value is -1.07. The zero-order chi connectivity index (χ0) is 12.5. The highest BCUT2D eigenvalue weighted by Crippen LogP contribution is 2.38. The summed E-state index contributed by atoms with van der Waals surface area (Å²) in [6, 6.07) is 5.58. The van der Waals surface area contributed by atoms with Crippen LogP contribution < -0.4 is 5.32 Å². The SMILES string of the molecule is CCNC(c1csc2ccccc12)C(F)(F)F. The summed E-state index contributed by atoms with van der Waals surface area (Å²) in [5.41, 5.74) is 0.319. The van der Waals surface area contributed by atoms with Gasteiger partial charge in [-0.3, -0.25) is 0 Å². The van der Waals surface area contributed by atoms with Gasteiger partial charge in [-0.2, -0.15) is 13.2 Å². The van der Waals surface area contributed by atoms with Gasteiger partial charge in [-0.05, 0) is 28.9 Å². The Balaban J connectivity index is 2.49. The van der Waals surface area contributed by atoms with Gasteiger partial charge in [-0.15, -0.1) is 11.3 Å². The number of hydrogen-bond donors (Lipinski definition) is 1. The third-order valence-corrected chi connectivity index (χ3v) is 3.54. The van der Waals surface area contributed by atoms with Crippen molar-refractivity contribution in [3.05, 3.63) is 35.2 Å². The number of thiophene rings is 1. The van der Waals surface area contributed by atoms with Crippen LogP contribution in [-0.4, -0.2) is 12.7 Å². The van der Waals surface area contributed by atoms with E-state index >= 15 is 0 Å². The number of rotatable bonds is 3. The topological polar surface area (TPSA) is 12.0 Å². The zero-order valence-corrected chi connectivity index (χ0v) is 10.0. The van der Waals surface area contributed by atoms with E-state index in [0.717, 1.165) is 4.70 Å². The van der Waals surface area contributed by atoms with Crippen molar-refractivity contribution in [1.29, 1.82) is 0 Å². The van der Waals surface area contributed by atoms with E-state index in [1.165, 1.54) is 11.3 Å². The van der Waals surface area contributed by atoms with Gasteiger partial charge in [-0.25, -0.2) is 0 Å².